The van der Waals surface area contributed by atoms with Gasteiger partial charge in [0.15, 0.2) is 0 Å². The van der Waals surface area contributed by atoms with Crippen LogP contribution >= 0.6 is 0 Å². The first-order valence-corrected chi connectivity index (χ1v) is 14.7. The molecule has 2 aliphatic carbocycles. The third-order valence-corrected chi connectivity index (χ3v) is 9.32. The van der Waals surface area contributed by atoms with Crippen LogP contribution < -0.4 is 14.8 Å². The van der Waals surface area contributed by atoms with Crippen LogP contribution in [0, 0.1) is 0 Å². The van der Waals surface area contributed by atoms with Crippen molar-refractivity contribution in [3.05, 3.63) is 53.4 Å². The van der Waals surface area contributed by atoms with Crippen molar-refractivity contribution < 1.29 is 22.7 Å². The fourth-order valence-corrected chi connectivity index (χ4v) is 6.10. The average molecular weight is 527 g/mol. The van der Waals surface area contributed by atoms with Crippen LogP contribution in [0.3, 0.4) is 0 Å². The molecule has 198 valence electrons. The summed E-state index contributed by atoms with van der Waals surface area (Å²) in [5.74, 6) is -0.767. The molecule has 0 spiro atoms. The molecule has 0 radical (unpaired) electrons. The Hall–Kier alpha value is -3.14. The lowest BCUT2D eigenvalue weighted by Gasteiger charge is -2.37. The normalized spacial score (nSPS) is 22.4. The second-order valence-corrected chi connectivity index (χ2v) is 12.4. The quantitative estimate of drug-likeness (QED) is 0.361. The van der Waals surface area contributed by atoms with Gasteiger partial charge in [0, 0.05) is 18.2 Å². The Kier molecular flexibility index (Phi) is 6.87. The molecular formula is C27H34N4O5S. The number of ether oxygens (including phenoxy) is 1. The number of hydrogen-bond acceptors (Lipinski definition) is 6. The van der Waals surface area contributed by atoms with Crippen LogP contribution in [-0.4, -0.2) is 41.9 Å². The number of amides is 2. The van der Waals surface area contributed by atoms with E-state index in [4.69, 9.17) is 9.84 Å². The number of aromatic nitrogens is 2. The second-order valence-electron chi connectivity index (χ2n) is 10.5. The van der Waals surface area contributed by atoms with Crippen molar-refractivity contribution in [3.8, 4) is 5.75 Å². The summed E-state index contributed by atoms with van der Waals surface area (Å²) in [4.78, 5) is 26.7. The number of benzene rings is 1. The molecule has 0 bridgehead atoms. The van der Waals surface area contributed by atoms with Crippen LogP contribution in [0.1, 0.15) is 82.5 Å². The Labute approximate surface area is 217 Å². The third-order valence-electron chi connectivity index (χ3n) is 7.50. The Bertz CT molecular complexity index is 1320. The Balaban J connectivity index is 1.47. The minimum absolute atomic E-state index is 0.194. The molecule has 10 heteroatoms. The summed E-state index contributed by atoms with van der Waals surface area (Å²) in [6.07, 6.45) is 8.43. The van der Waals surface area contributed by atoms with Gasteiger partial charge in [-0.25, -0.2) is 13.1 Å². The van der Waals surface area contributed by atoms with Crippen molar-refractivity contribution in [2.45, 2.75) is 82.0 Å². The molecule has 2 N–H and O–H groups in total. The molecule has 5 rings (SSSR count). The molecule has 9 nitrogen and oxygen atoms in total. The topological polar surface area (TPSA) is 119 Å². The lowest BCUT2D eigenvalue weighted by molar-refractivity contribution is -0.124. The monoisotopic (exact) mass is 526 g/mol. The van der Waals surface area contributed by atoms with Gasteiger partial charge >= 0.3 is 0 Å². The molecule has 2 aromatic rings. The van der Waals surface area contributed by atoms with Gasteiger partial charge in [-0.15, -0.1) is 0 Å². The molecule has 37 heavy (non-hydrogen) atoms. The summed E-state index contributed by atoms with van der Waals surface area (Å²) in [6.45, 7) is 4.65. The number of hydrogen-bond donors (Lipinski definition) is 2. The molecule has 2 amide bonds. The maximum Gasteiger partial charge on any atom is 0.270 e. The molecule has 1 aliphatic heterocycles. The highest BCUT2D eigenvalue weighted by atomic mass is 32.2. The predicted octanol–water partition coefficient (Wildman–Crippen LogP) is 3.58. The summed E-state index contributed by atoms with van der Waals surface area (Å²) in [5.41, 5.74) is 0.788. The van der Waals surface area contributed by atoms with E-state index in [1.807, 2.05) is 42.1 Å². The number of nitrogens with one attached hydrogen (secondary N) is 2. The summed E-state index contributed by atoms with van der Waals surface area (Å²) < 4.78 is 34.8. The maximum absolute atomic E-state index is 13.4. The molecule has 1 unspecified atom stereocenters. The zero-order chi connectivity index (χ0) is 26.2. The first-order valence-electron chi connectivity index (χ1n) is 13.1. The first kappa shape index (κ1) is 25.5. The van der Waals surface area contributed by atoms with Crippen LogP contribution in [0.25, 0.3) is 5.57 Å². The highest BCUT2D eigenvalue weighted by Gasteiger charge is 2.43. The Morgan fingerprint density at radius 1 is 1.19 bits per heavy atom. The number of carbonyl (C=O) groups is 2. The summed E-state index contributed by atoms with van der Waals surface area (Å²) >= 11 is 0. The summed E-state index contributed by atoms with van der Waals surface area (Å²) in [6, 6.07) is 9.69. The van der Waals surface area contributed by atoms with E-state index >= 15 is 0 Å². The minimum atomic E-state index is -3.82. The molecule has 2 fully saturated rings. The molecular weight excluding hydrogens is 492 g/mol. The lowest BCUT2D eigenvalue weighted by Crippen LogP contribution is -2.51. The zero-order valence-corrected chi connectivity index (χ0v) is 22.1. The third kappa shape index (κ3) is 5.30. The van der Waals surface area contributed by atoms with E-state index in [-0.39, 0.29) is 12.0 Å². The summed E-state index contributed by atoms with van der Waals surface area (Å²) in [7, 11) is -3.82. The van der Waals surface area contributed by atoms with Crippen LogP contribution in [0.5, 0.6) is 5.75 Å². The highest BCUT2D eigenvalue weighted by molar-refractivity contribution is 7.91. The van der Waals surface area contributed by atoms with Crippen molar-refractivity contribution in [3.63, 3.8) is 0 Å². The van der Waals surface area contributed by atoms with Crippen molar-refractivity contribution in [1.82, 2.24) is 19.8 Å². The number of carbonyl (C=O) groups excluding carboxylic acids is 2. The molecule has 1 aromatic heterocycles. The van der Waals surface area contributed by atoms with Crippen molar-refractivity contribution in [2.75, 3.05) is 6.61 Å². The van der Waals surface area contributed by atoms with E-state index in [2.05, 4.69) is 17.0 Å². The van der Waals surface area contributed by atoms with Gasteiger partial charge in [0.25, 0.3) is 11.8 Å². The smallest absolute Gasteiger partial charge is 0.270 e. The average Bonchev–Trinajstić information content (AvgIpc) is 3.58. The lowest BCUT2D eigenvalue weighted by atomic mass is 9.79. The van der Waals surface area contributed by atoms with Crippen LogP contribution in [0.15, 0.2) is 42.1 Å². The van der Waals surface area contributed by atoms with Gasteiger partial charge in [0.1, 0.15) is 11.3 Å². The largest absolute Gasteiger partial charge is 0.494 e. The van der Waals surface area contributed by atoms with Crippen molar-refractivity contribution in [2.24, 2.45) is 0 Å². The van der Waals surface area contributed by atoms with Crippen LogP contribution in [0.2, 0.25) is 0 Å². The van der Waals surface area contributed by atoms with Crippen LogP contribution in [0.4, 0.5) is 0 Å². The van der Waals surface area contributed by atoms with Gasteiger partial charge in [-0.3, -0.25) is 14.3 Å². The van der Waals surface area contributed by atoms with Gasteiger partial charge in [0.05, 0.1) is 29.1 Å². The first-order chi connectivity index (χ1) is 17.7. The van der Waals surface area contributed by atoms with Crippen LogP contribution in [-0.2, 0) is 25.2 Å². The van der Waals surface area contributed by atoms with E-state index in [0.717, 1.165) is 43.4 Å². The number of rotatable bonds is 10. The SMILES string of the molecule is CCCCOc1ccc(C2(C)CC(c3ccn(C4CCC4)n3)=C(C(=O)NS(=O)(=O)C3CC3)C(=O)N2)cc1. The van der Waals surface area contributed by atoms with E-state index in [1.54, 1.807) is 6.07 Å². The van der Waals surface area contributed by atoms with E-state index in [1.165, 1.54) is 0 Å². The molecule has 0 saturated heterocycles. The molecule has 2 saturated carbocycles. The van der Waals surface area contributed by atoms with Gasteiger partial charge in [-0.1, -0.05) is 25.5 Å². The van der Waals surface area contributed by atoms with E-state index < -0.39 is 32.6 Å². The molecule has 1 atom stereocenters. The minimum Gasteiger partial charge on any atom is -0.494 e. The van der Waals surface area contributed by atoms with Crippen molar-refractivity contribution in [1.29, 1.82) is 0 Å². The standard InChI is InChI=1S/C27H34N4O5S/c1-3-4-16-36-20-10-8-18(9-11-20)27(2)17-22(23-14-15-31(29-23)19-6-5-7-19)24(25(32)28-27)26(33)30-37(34,35)21-12-13-21/h8-11,14-15,19,21H,3-7,12-13,16-17H2,1-2H3,(H,28,32)(H,30,33). The molecule has 2 heterocycles. The summed E-state index contributed by atoms with van der Waals surface area (Å²) in [5, 5.41) is 7.10. The van der Waals surface area contributed by atoms with E-state index in [9.17, 15) is 18.0 Å². The highest BCUT2D eigenvalue weighted by Crippen LogP contribution is 2.40. The van der Waals surface area contributed by atoms with Gasteiger partial charge in [0.2, 0.25) is 10.0 Å². The number of nitrogens with zero attached hydrogens (tertiary/aromatic N) is 2. The zero-order valence-electron chi connectivity index (χ0n) is 21.3. The fourth-order valence-electron chi connectivity index (χ4n) is 4.82. The molecule has 3 aliphatic rings. The predicted molar refractivity (Wildman–Crippen MR) is 139 cm³/mol. The van der Waals surface area contributed by atoms with Gasteiger partial charge < -0.3 is 10.1 Å². The second kappa shape index (κ2) is 9.96. The van der Waals surface area contributed by atoms with E-state index in [0.29, 0.717) is 36.8 Å². The fraction of sp³-hybridized carbons (Fsp3) is 0.519. The number of unbranched alkanes of at least 4 members (excludes halogenated alkanes) is 1. The number of sulfonamides is 1. The van der Waals surface area contributed by atoms with Gasteiger partial charge in [-0.05, 0) is 69.2 Å². The Morgan fingerprint density at radius 3 is 2.54 bits per heavy atom. The van der Waals surface area contributed by atoms with Crippen molar-refractivity contribution >= 4 is 27.4 Å². The van der Waals surface area contributed by atoms with Gasteiger partial charge in [-0.2, -0.15) is 5.10 Å². The Morgan fingerprint density at radius 2 is 1.92 bits per heavy atom. The maximum atomic E-state index is 13.4. The molecule has 1 aromatic carbocycles.